The molecule has 1 N–H and O–H groups in total. The largest absolute Gasteiger partial charge is 0.872 e. The number of hydrogen-bond acceptors (Lipinski definition) is 3. The quantitative estimate of drug-likeness (QED) is 0.690. The second kappa shape index (κ2) is 6.05. The summed E-state index contributed by atoms with van der Waals surface area (Å²) in [6, 6.07) is 10.7. The summed E-state index contributed by atoms with van der Waals surface area (Å²) in [6.07, 6.45) is 2.86. The number of aromatic carboxylic acids is 1. The summed E-state index contributed by atoms with van der Waals surface area (Å²) in [4.78, 5) is 22.7. The van der Waals surface area contributed by atoms with E-state index < -0.39 is 5.97 Å². The number of carbonyl (C=O) groups is 2. The lowest BCUT2D eigenvalue weighted by Gasteiger charge is -2.11. The minimum absolute atomic E-state index is 0.133. The molecule has 0 saturated carbocycles. The first-order chi connectivity index (χ1) is 9.97. The summed E-state index contributed by atoms with van der Waals surface area (Å²) in [7, 11) is 0. The molecule has 0 aliphatic carbocycles. The zero-order valence-electron chi connectivity index (χ0n) is 11.4. The van der Waals surface area contributed by atoms with Crippen LogP contribution in [0, 0.1) is 6.92 Å². The summed E-state index contributed by atoms with van der Waals surface area (Å²) in [6.45, 7) is 1.81. The highest BCUT2D eigenvalue weighted by molar-refractivity contribution is 6.08. The zero-order chi connectivity index (χ0) is 15.4. The number of carboxylic acids is 1. The van der Waals surface area contributed by atoms with Crippen LogP contribution in [0.1, 0.15) is 31.8 Å². The lowest BCUT2D eigenvalue weighted by molar-refractivity contribution is -0.268. The van der Waals surface area contributed by atoms with E-state index in [-0.39, 0.29) is 22.7 Å². The minimum atomic E-state index is -1.00. The predicted octanol–water partition coefficient (Wildman–Crippen LogP) is 2.66. The summed E-state index contributed by atoms with van der Waals surface area (Å²) in [5, 5.41) is 20.4. The van der Waals surface area contributed by atoms with Gasteiger partial charge in [0.1, 0.15) is 0 Å². The SMILES string of the molecule is Cc1ccc([O-])c(C(=O)/C=C/c2ccc(C(=O)O)cc2)c1. The van der Waals surface area contributed by atoms with Crippen LogP contribution in [-0.4, -0.2) is 16.9 Å². The molecule has 2 rings (SSSR count). The molecule has 0 bridgehead atoms. The molecule has 0 radical (unpaired) electrons. The molecule has 0 aromatic heterocycles. The Balaban J connectivity index is 2.18. The predicted molar refractivity (Wildman–Crippen MR) is 77.4 cm³/mol. The Morgan fingerprint density at radius 3 is 2.38 bits per heavy atom. The van der Waals surface area contributed by atoms with Crippen LogP contribution in [-0.2, 0) is 0 Å². The topological polar surface area (TPSA) is 77.4 Å². The number of carbonyl (C=O) groups excluding carboxylic acids is 1. The monoisotopic (exact) mass is 281 g/mol. The molecule has 2 aromatic rings. The van der Waals surface area contributed by atoms with Crippen molar-refractivity contribution in [2.45, 2.75) is 6.92 Å². The molecular formula is C17H13O4-. The third-order valence-corrected chi connectivity index (χ3v) is 2.99. The highest BCUT2D eigenvalue weighted by atomic mass is 16.4. The fourth-order valence-electron chi connectivity index (χ4n) is 1.83. The van der Waals surface area contributed by atoms with E-state index in [1.807, 2.05) is 6.92 Å². The number of benzene rings is 2. The summed E-state index contributed by atoms with van der Waals surface area (Å²) >= 11 is 0. The summed E-state index contributed by atoms with van der Waals surface area (Å²) < 4.78 is 0. The maximum atomic E-state index is 12.0. The van der Waals surface area contributed by atoms with E-state index in [2.05, 4.69) is 0 Å². The van der Waals surface area contributed by atoms with Gasteiger partial charge in [0, 0.05) is 5.56 Å². The van der Waals surface area contributed by atoms with Crippen molar-refractivity contribution in [2.75, 3.05) is 0 Å². The molecular weight excluding hydrogens is 268 g/mol. The number of carboxylic acid groups (broad SMARTS) is 1. The van der Waals surface area contributed by atoms with Crippen molar-refractivity contribution in [3.63, 3.8) is 0 Å². The van der Waals surface area contributed by atoms with Gasteiger partial charge >= 0.3 is 5.97 Å². The van der Waals surface area contributed by atoms with Crippen LogP contribution < -0.4 is 5.11 Å². The van der Waals surface area contributed by atoms with Crippen LogP contribution in [0.15, 0.2) is 48.5 Å². The first-order valence-corrected chi connectivity index (χ1v) is 6.31. The average molecular weight is 281 g/mol. The number of hydrogen-bond donors (Lipinski definition) is 1. The van der Waals surface area contributed by atoms with Gasteiger partial charge in [0.05, 0.1) is 5.56 Å². The molecule has 0 saturated heterocycles. The van der Waals surface area contributed by atoms with Gasteiger partial charge in [-0.3, -0.25) is 4.79 Å². The fraction of sp³-hybridized carbons (Fsp3) is 0.0588. The van der Waals surface area contributed by atoms with Gasteiger partial charge in [-0.25, -0.2) is 4.79 Å². The molecule has 2 aromatic carbocycles. The van der Waals surface area contributed by atoms with Gasteiger partial charge in [-0.2, -0.15) is 0 Å². The minimum Gasteiger partial charge on any atom is -0.872 e. The van der Waals surface area contributed by atoms with E-state index in [1.165, 1.54) is 24.3 Å². The smallest absolute Gasteiger partial charge is 0.335 e. The highest BCUT2D eigenvalue weighted by Gasteiger charge is 2.04. The lowest BCUT2D eigenvalue weighted by Crippen LogP contribution is -2.02. The van der Waals surface area contributed by atoms with E-state index in [4.69, 9.17) is 5.11 Å². The van der Waals surface area contributed by atoms with Crippen molar-refractivity contribution in [2.24, 2.45) is 0 Å². The normalized spacial score (nSPS) is 10.7. The van der Waals surface area contributed by atoms with Crippen LogP contribution in [0.4, 0.5) is 0 Å². The molecule has 0 fully saturated rings. The molecule has 0 atom stereocenters. The molecule has 4 heteroatoms. The van der Waals surface area contributed by atoms with E-state index in [0.717, 1.165) is 5.56 Å². The van der Waals surface area contributed by atoms with Crippen molar-refractivity contribution in [1.29, 1.82) is 0 Å². The van der Waals surface area contributed by atoms with Gasteiger partial charge in [-0.1, -0.05) is 41.7 Å². The second-order valence-corrected chi connectivity index (χ2v) is 4.62. The van der Waals surface area contributed by atoms with Crippen LogP contribution in [0.25, 0.3) is 6.08 Å². The van der Waals surface area contributed by atoms with Gasteiger partial charge in [-0.05, 0) is 36.8 Å². The van der Waals surface area contributed by atoms with Crippen molar-refractivity contribution < 1.29 is 19.8 Å². The van der Waals surface area contributed by atoms with Crippen LogP contribution in [0.3, 0.4) is 0 Å². The maximum absolute atomic E-state index is 12.0. The molecule has 0 aliphatic rings. The molecule has 0 unspecified atom stereocenters. The molecule has 106 valence electrons. The summed E-state index contributed by atoms with van der Waals surface area (Å²) in [5.74, 6) is -1.68. The third kappa shape index (κ3) is 3.57. The van der Waals surface area contributed by atoms with Gasteiger partial charge in [0.2, 0.25) is 0 Å². The van der Waals surface area contributed by atoms with Gasteiger partial charge in [-0.15, -0.1) is 0 Å². The number of allylic oxidation sites excluding steroid dienone is 1. The van der Waals surface area contributed by atoms with E-state index in [1.54, 1.807) is 30.3 Å². The lowest BCUT2D eigenvalue weighted by atomic mass is 10.0. The Labute approximate surface area is 122 Å². The van der Waals surface area contributed by atoms with Crippen LogP contribution in [0.5, 0.6) is 5.75 Å². The number of rotatable bonds is 4. The number of ketones is 1. The van der Waals surface area contributed by atoms with Crippen molar-refractivity contribution in [3.8, 4) is 5.75 Å². The molecule has 0 heterocycles. The first-order valence-electron chi connectivity index (χ1n) is 6.31. The van der Waals surface area contributed by atoms with E-state index in [0.29, 0.717) is 5.56 Å². The van der Waals surface area contributed by atoms with Gasteiger partial charge < -0.3 is 10.2 Å². The molecule has 0 aliphatic heterocycles. The standard InChI is InChI=1S/C17H14O4/c1-11-2-8-15(18)14(10-11)16(19)9-5-12-3-6-13(7-4-12)17(20)21/h2-10,18H,1H3,(H,20,21)/p-1/b9-5+. The second-order valence-electron chi connectivity index (χ2n) is 4.62. The average Bonchev–Trinajstić information content (AvgIpc) is 2.47. The number of aryl methyl sites for hydroxylation is 1. The molecule has 21 heavy (non-hydrogen) atoms. The first kappa shape index (κ1) is 14.5. The van der Waals surface area contributed by atoms with Crippen molar-refractivity contribution in [1.82, 2.24) is 0 Å². The van der Waals surface area contributed by atoms with Crippen molar-refractivity contribution >= 4 is 17.8 Å². The van der Waals surface area contributed by atoms with E-state index >= 15 is 0 Å². The maximum Gasteiger partial charge on any atom is 0.335 e. The third-order valence-electron chi connectivity index (χ3n) is 2.99. The van der Waals surface area contributed by atoms with E-state index in [9.17, 15) is 14.7 Å². The van der Waals surface area contributed by atoms with Gasteiger partial charge in [0.15, 0.2) is 5.78 Å². The molecule has 4 nitrogen and oxygen atoms in total. The fourth-order valence-corrected chi connectivity index (χ4v) is 1.83. The Morgan fingerprint density at radius 1 is 1.10 bits per heavy atom. The zero-order valence-corrected chi connectivity index (χ0v) is 11.4. The molecule has 0 spiro atoms. The highest BCUT2D eigenvalue weighted by Crippen LogP contribution is 2.17. The van der Waals surface area contributed by atoms with Crippen molar-refractivity contribution in [3.05, 3.63) is 70.8 Å². The molecule has 0 amide bonds. The van der Waals surface area contributed by atoms with Crippen LogP contribution >= 0.6 is 0 Å². The van der Waals surface area contributed by atoms with Gasteiger partial charge in [0.25, 0.3) is 0 Å². The van der Waals surface area contributed by atoms with Crippen LogP contribution in [0.2, 0.25) is 0 Å². The Hall–Kier alpha value is -2.88. The Morgan fingerprint density at radius 2 is 1.76 bits per heavy atom. The Kier molecular flexibility index (Phi) is 4.18. The summed E-state index contributed by atoms with van der Waals surface area (Å²) in [5.41, 5.74) is 1.85. The Bertz CT molecular complexity index is 712.